The Labute approximate surface area is 168 Å². The molecule has 0 atom stereocenters. The van der Waals surface area contributed by atoms with Crippen molar-refractivity contribution in [2.45, 2.75) is 52.4 Å². The van der Waals surface area contributed by atoms with Gasteiger partial charge in [-0.2, -0.15) is 0 Å². The SMILES string of the molecule is CC=COc1cccc(C(C)(C)C(=O)C(C)(C)c2cccc(OC=CC)c2)c1. The van der Waals surface area contributed by atoms with Crippen molar-refractivity contribution in [1.82, 2.24) is 0 Å². The van der Waals surface area contributed by atoms with Gasteiger partial charge in [0.2, 0.25) is 0 Å². The van der Waals surface area contributed by atoms with E-state index in [1.165, 1.54) is 0 Å². The van der Waals surface area contributed by atoms with Crippen LogP contribution in [0.3, 0.4) is 0 Å². The maximum Gasteiger partial charge on any atom is 0.152 e. The van der Waals surface area contributed by atoms with Crippen molar-refractivity contribution in [2.75, 3.05) is 0 Å². The summed E-state index contributed by atoms with van der Waals surface area (Å²) in [7, 11) is 0. The highest BCUT2D eigenvalue weighted by Gasteiger charge is 2.41. The lowest BCUT2D eigenvalue weighted by atomic mass is 9.67. The molecule has 2 aromatic carbocycles. The smallest absolute Gasteiger partial charge is 0.152 e. The van der Waals surface area contributed by atoms with E-state index in [0.717, 1.165) is 22.6 Å². The average Bonchev–Trinajstić information content (AvgIpc) is 2.70. The van der Waals surface area contributed by atoms with Gasteiger partial charge in [-0.1, -0.05) is 36.4 Å². The summed E-state index contributed by atoms with van der Waals surface area (Å²) in [4.78, 5) is 13.6. The van der Waals surface area contributed by atoms with Crippen LogP contribution in [0.15, 0.2) is 73.2 Å². The molecule has 0 N–H and O–H groups in total. The molecule has 0 aliphatic rings. The topological polar surface area (TPSA) is 35.5 Å². The van der Waals surface area contributed by atoms with Gasteiger partial charge in [0.05, 0.1) is 12.5 Å². The van der Waals surface area contributed by atoms with Gasteiger partial charge < -0.3 is 9.47 Å². The summed E-state index contributed by atoms with van der Waals surface area (Å²) in [5.74, 6) is 1.57. The molecule has 0 unspecified atom stereocenters. The van der Waals surface area contributed by atoms with Crippen molar-refractivity contribution in [3.8, 4) is 11.5 Å². The van der Waals surface area contributed by atoms with Gasteiger partial charge in [0.1, 0.15) is 11.5 Å². The molecule has 0 saturated heterocycles. The van der Waals surface area contributed by atoms with E-state index in [1.807, 2.05) is 102 Å². The van der Waals surface area contributed by atoms with Crippen molar-refractivity contribution < 1.29 is 14.3 Å². The van der Waals surface area contributed by atoms with Gasteiger partial charge in [0.15, 0.2) is 5.78 Å². The molecule has 0 spiro atoms. The molecule has 0 saturated carbocycles. The van der Waals surface area contributed by atoms with Gasteiger partial charge in [0, 0.05) is 10.8 Å². The Morgan fingerprint density at radius 2 is 1.14 bits per heavy atom. The first kappa shape index (κ1) is 21.5. The van der Waals surface area contributed by atoms with E-state index in [-0.39, 0.29) is 5.78 Å². The Hall–Kier alpha value is -2.81. The van der Waals surface area contributed by atoms with E-state index in [0.29, 0.717) is 0 Å². The first-order valence-corrected chi connectivity index (χ1v) is 9.55. The fourth-order valence-corrected chi connectivity index (χ4v) is 3.25. The molecule has 148 valence electrons. The maximum atomic E-state index is 13.6. The van der Waals surface area contributed by atoms with E-state index in [2.05, 4.69) is 0 Å². The molecule has 0 aliphatic carbocycles. The molecule has 0 bridgehead atoms. The number of rotatable bonds is 8. The zero-order valence-corrected chi connectivity index (χ0v) is 17.7. The molecular weight excluding hydrogens is 348 g/mol. The van der Waals surface area contributed by atoms with Crippen molar-refractivity contribution >= 4 is 5.78 Å². The van der Waals surface area contributed by atoms with Crippen molar-refractivity contribution in [1.29, 1.82) is 0 Å². The number of ketones is 1. The van der Waals surface area contributed by atoms with Gasteiger partial charge in [-0.05, 0) is 76.9 Å². The molecule has 0 fully saturated rings. The average molecular weight is 379 g/mol. The number of benzene rings is 2. The van der Waals surface area contributed by atoms with E-state index < -0.39 is 10.8 Å². The van der Waals surface area contributed by atoms with Crippen LogP contribution in [0.4, 0.5) is 0 Å². The minimum Gasteiger partial charge on any atom is -0.465 e. The summed E-state index contributed by atoms with van der Waals surface area (Å²) in [5, 5.41) is 0. The Bertz CT molecular complexity index is 801. The third kappa shape index (κ3) is 4.72. The van der Waals surface area contributed by atoms with Gasteiger partial charge in [-0.3, -0.25) is 4.79 Å². The Balaban J connectivity index is 2.36. The number of Topliss-reactive ketones (excluding diaryl/α,β-unsaturated/α-hetero) is 1. The van der Waals surface area contributed by atoms with E-state index in [1.54, 1.807) is 12.5 Å². The highest BCUT2D eigenvalue weighted by atomic mass is 16.5. The van der Waals surface area contributed by atoms with Crippen molar-refractivity contribution in [3.05, 3.63) is 84.3 Å². The lowest BCUT2D eigenvalue weighted by Gasteiger charge is -2.34. The normalized spacial score (nSPS) is 12.5. The van der Waals surface area contributed by atoms with Crippen LogP contribution in [0.2, 0.25) is 0 Å². The van der Waals surface area contributed by atoms with Crippen molar-refractivity contribution in [2.24, 2.45) is 0 Å². The standard InChI is InChI=1S/C25H30O3/c1-7-15-27-21-13-9-11-19(17-21)24(3,4)23(26)25(5,6)20-12-10-14-22(18-20)28-16-8-2/h7-18H,1-6H3. The zero-order valence-electron chi connectivity index (χ0n) is 17.7. The molecule has 28 heavy (non-hydrogen) atoms. The van der Waals surface area contributed by atoms with Crippen LogP contribution >= 0.6 is 0 Å². The minimum absolute atomic E-state index is 0.131. The lowest BCUT2D eigenvalue weighted by Crippen LogP contribution is -2.42. The lowest BCUT2D eigenvalue weighted by molar-refractivity contribution is -0.128. The van der Waals surface area contributed by atoms with Gasteiger partial charge in [-0.25, -0.2) is 0 Å². The summed E-state index contributed by atoms with van der Waals surface area (Å²) in [5.41, 5.74) is 0.487. The largest absolute Gasteiger partial charge is 0.465 e. The molecule has 0 heterocycles. The predicted molar refractivity (Wildman–Crippen MR) is 115 cm³/mol. The van der Waals surface area contributed by atoms with Crippen LogP contribution in [0, 0.1) is 0 Å². The second kappa shape index (κ2) is 8.92. The summed E-state index contributed by atoms with van der Waals surface area (Å²) in [6.45, 7) is 11.7. The van der Waals surface area contributed by atoms with Gasteiger partial charge in [0.25, 0.3) is 0 Å². The molecule has 0 amide bonds. The molecule has 3 heteroatoms. The highest BCUT2D eigenvalue weighted by molar-refractivity contribution is 5.97. The van der Waals surface area contributed by atoms with Gasteiger partial charge >= 0.3 is 0 Å². The highest BCUT2D eigenvalue weighted by Crippen LogP contribution is 2.37. The molecule has 0 aromatic heterocycles. The number of carbonyl (C=O) groups is 1. The fraction of sp³-hybridized carbons (Fsp3) is 0.320. The van der Waals surface area contributed by atoms with E-state index >= 15 is 0 Å². The van der Waals surface area contributed by atoms with Crippen LogP contribution in [0.25, 0.3) is 0 Å². The van der Waals surface area contributed by atoms with Crippen LogP contribution < -0.4 is 9.47 Å². The third-order valence-electron chi connectivity index (χ3n) is 4.93. The fourth-order valence-electron chi connectivity index (χ4n) is 3.25. The number of hydrogen-bond acceptors (Lipinski definition) is 3. The second-order valence-corrected chi connectivity index (χ2v) is 7.81. The Morgan fingerprint density at radius 3 is 1.50 bits per heavy atom. The monoisotopic (exact) mass is 378 g/mol. The molecule has 2 rings (SSSR count). The summed E-state index contributed by atoms with van der Waals surface area (Å²) in [6, 6.07) is 15.4. The number of hydrogen-bond donors (Lipinski definition) is 0. The maximum absolute atomic E-state index is 13.6. The molecule has 0 radical (unpaired) electrons. The summed E-state index contributed by atoms with van der Waals surface area (Å²) in [6.07, 6.45) is 6.92. The second-order valence-electron chi connectivity index (χ2n) is 7.81. The molecule has 2 aromatic rings. The molecular formula is C25H30O3. The zero-order chi connectivity index (χ0) is 20.8. The van der Waals surface area contributed by atoms with Crippen molar-refractivity contribution in [3.63, 3.8) is 0 Å². The van der Waals surface area contributed by atoms with E-state index in [9.17, 15) is 4.79 Å². The molecule has 0 aliphatic heterocycles. The Kier molecular flexibility index (Phi) is 6.85. The number of allylic oxidation sites excluding steroid dienone is 2. The number of ether oxygens (including phenoxy) is 2. The Morgan fingerprint density at radius 1 is 0.750 bits per heavy atom. The van der Waals surface area contributed by atoms with Crippen LogP contribution in [-0.4, -0.2) is 5.78 Å². The first-order chi connectivity index (χ1) is 13.2. The predicted octanol–water partition coefficient (Wildman–Crippen LogP) is 6.34. The third-order valence-corrected chi connectivity index (χ3v) is 4.93. The summed E-state index contributed by atoms with van der Waals surface area (Å²) < 4.78 is 11.2. The van der Waals surface area contributed by atoms with E-state index in [4.69, 9.17) is 9.47 Å². The quantitative estimate of drug-likeness (QED) is 0.503. The van der Waals surface area contributed by atoms with Gasteiger partial charge in [-0.15, -0.1) is 0 Å². The summed E-state index contributed by atoms with van der Waals surface area (Å²) >= 11 is 0. The van der Waals surface area contributed by atoms with Crippen LogP contribution in [-0.2, 0) is 15.6 Å². The number of carbonyl (C=O) groups excluding carboxylic acids is 1. The molecule has 3 nitrogen and oxygen atoms in total. The minimum atomic E-state index is -0.682. The van der Waals surface area contributed by atoms with Crippen LogP contribution in [0.1, 0.15) is 52.7 Å². The van der Waals surface area contributed by atoms with Crippen LogP contribution in [0.5, 0.6) is 11.5 Å². The first-order valence-electron chi connectivity index (χ1n) is 9.55.